The minimum absolute atomic E-state index is 0.0786. The van der Waals surface area contributed by atoms with Crippen LogP contribution in [0.1, 0.15) is 27.4 Å². The van der Waals surface area contributed by atoms with E-state index >= 15 is 0 Å². The minimum Gasteiger partial charge on any atom is -0.309 e. The number of hydrogen-bond donors (Lipinski definition) is 1. The molecule has 166 valence electrons. The van der Waals surface area contributed by atoms with E-state index in [0.29, 0.717) is 39.6 Å². The molecule has 0 spiro atoms. The Hall–Kier alpha value is -3.23. The van der Waals surface area contributed by atoms with Crippen LogP contribution in [0, 0.1) is 20.8 Å². The molecule has 3 aromatic heterocycles. The fourth-order valence-corrected chi connectivity index (χ4v) is 5.69. The van der Waals surface area contributed by atoms with Crippen molar-refractivity contribution >= 4 is 44.2 Å². The Morgan fingerprint density at radius 2 is 1.76 bits per heavy atom. The number of rotatable bonds is 5. The fourth-order valence-electron chi connectivity index (χ4n) is 3.77. The van der Waals surface area contributed by atoms with Gasteiger partial charge in [-0.2, -0.15) is 0 Å². The Bertz CT molecular complexity index is 1610. The second-order valence-electron chi connectivity index (χ2n) is 8.05. The number of H-pyrrole nitrogens is 1. The summed E-state index contributed by atoms with van der Waals surface area (Å²) in [5.41, 5.74) is 3.63. The predicted molar refractivity (Wildman–Crippen MR) is 136 cm³/mol. The highest BCUT2D eigenvalue weighted by atomic mass is 32.2. The Kier molecular flexibility index (Phi) is 5.64. The molecule has 0 saturated heterocycles. The first-order valence-corrected chi connectivity index (χ1v) is 12.4. The van der Waals surface area contributed by atoms with E-state index < -0.39 is 0 Å². The van der Waals surface area contributed by atoms with Gasteiger partial charge in [0.15, 0.2) is 5.16 Å². The molecule has 0 aliphatic carbocycles. The second kappa shape index (κ2) is 8.61. The highest BCUT2D eigenvalue weighted by Gasteiger charge is 2.15. The monoisotopic (exact) mass is 474 g/mol. The molecule has 0 atom stereocenters. The highest BCUT2D eigenvalue weighted by Crippen LogP contribution is 2.27. The number of para-hydroxylation sites is 1. The summed E-state index contributed by atoms with van der Waals surface area (Å²) in [6, 6.07) is 15.5. The standard InChI is InChI=1S/C25H22N4O2S2/c1-14-8-10-17(11-9-14)12-29-24(31)18-6-4-5-7-19(18)26-25(29)32-13-20-27-22(30)21-15(2)16(3)33-23(21)28-20/h4-11H,12-13H2,1-3H3,(H,27,28,30). The van der Waals surface area contributed by atoms with Gasteiger partial charge in [-0.05, 0) is 44.0 Å². The number of fused-ring (bicyclic) bond motifs is 2. The van der Waals surface area contributed by atoms with Crippen molar-refractivity contribution in [2.24, 2.45) is 0 Å². The van der Waals surface area contributed by atoms with Gasteiger partial charge in [0.05, 0.1) is 28.6 Å². The third kappa shape index (κ3) is 4.12. The average molecular weight is 475 g/mol. The van der Waals surface area contributed by atoms with Crippen LogP contribution in [0.15, 0.2) is 63.3 Å². The average Bonchev–Trinajstić information content (AvgIpc) is 3.09. The summed E-state index contributed by atoms with van der Waals surface area (Å²) in [6.07, 6.45) is 0. The third-order valence-corrected chi connectivity index (χ3v) is 7.80. The minimum atomic E-state index is -0.124. The van der Waals surface area contributed by atoms with E-state index in [1.54, 1.807) is 10.6 Å². The predicted octanol–water partition coefficient (Wildman–Crippen LogP) is 4.96. The van der Waals surface area contributed by atoms with Crippen LogP contribution in [0.25, 0.3) is 21.1 Å². The van der Waals surface area contributed by atoms with Crippen LogP contribution in [0.3, 0.4) is 0 Å². The molecule has 6 nitrogen and oxygen atoms in total. The Balaban J connectivity index is 1.54. The molecule has 8 heteroatoms. The van der Waals surface area contributed by atoms with Gasteiger partial charge in [0.25, 0.3) is 11.1 Å². The molecular formula is C25H22N4O2S2. The van der Waals surface area contributed by atoms with Crippen molar-refractivity contribution in [1.29, 1.82) is 0 Å². The number of hydrogen-bond acceptors (Lipinski definition) is 6. The van der Waals surface area contributed by atoms with E-state index in [1.807, 2.05) is 63.2 Å². The molecule has 0 aliphatic heterocycles. The largest absolute Gasteiger partial charge is 0.309 e. The number of thioether (sulfide) groups is 1. The molecule has 0 amide bonds. The van der Waals surface area contributed by atoms with Gasteiger partial charge in [0.1, 0.15) is 10.7 Å². The van der Waals surface area contributed by atoms with Gasteiger partial charge < -0.3 is 4.98 Å². The smallest absolute Gasteiger partial charge is 0.262 e. The van der Waals surface area contributed by atoms with Crippen molar-refractivity contribution in [2.75, 3.05) is 0 Å². The fraction of sp³-hybridized carbons (Fsp3) is 0.200. The van der Waals surface area contributed by atoms with Gasteiger partial charge >= 0.3 is 0 Å². The van der Waals surface area contributed by atoms with Crippen molar-refractivity contribution in [3.63, 3.8) is 0 Å². The quantitative estimate of drug-likeness (QED) is 0.288. The SMILES string of the molecule is Cc1ccc(Cn2c(SCc3nc4sc(C)c(C)c4c(=O)[nH]3)nc3ccccc3c2=O)cc1. The maximum absolute atomic E-state index is 13.3. The van der Waals surface area contributed by atoms with Crippen molar-refractivity contribution in [3.8, 4) is 0 Å². The number of benzene rings is 2. The maximum Gasteiger partial charge on any atom is 0.262 e. The van der Waals surface area contributed by atoms with Crippen LogP contribution in [0.4, 0.5) is 0 Å². The molecule has 0 unspecified atom stereocenters. The van der Waals surface area contributed by atoms with E-state index in [0.717, 1.165) is 20.8 Å². The molecule has 5 aromatic rings. The van der Waals surface area contributed by atoms with E-state index in [2.05, 4.69) is 9.97 Å². The van der Waals surface area contributed by atoms with Gasteiger partial charge in [-0.3, -0.25) is 14.2 Å². The zero-order chi connectivity index (χ0) is 23.1. The molecule has 0 bridgehead atoms. The Morgan fingerprint density at radius 3 is 2.55 bits per heavy atom. The van der Waals surface area contributed by atoms with Crippen LogP contribution < -0.4 is 11.1 Å². The second-order valence-corrected chi connectivity index (χ2v) is 10.2. The van der Waals surface area contributed by atoms with Crippen molar-refractivity contribution < 1.29 is 0 Å². The van der Waals surface area contributed by atoms with Crippen LogP contribution in [-0.4, -0.2) is 19.5 Å². The molecule has 0 aliphatic rings. The van der Waals surface area contributed by atoms with Crippen LogP contribution in [-0.2, 0) is 12.3 Å². The molecule has 0 radical (unpaired) electrons. The number of nitrogens with one attached hydrogen (secondary N) is 1. The summed E-state index contributed by atoms with van der Waals surface area (Å²) in [7, 11) is 0. The lowest BCUT2D eigenvalue weighted by atomic mass is 10.1. The number of aromatic amines is 1. The van der Waals surface area contributed by atoms with Crippen molar-refractivity contribution in [2.45, 2.75) is 38.2 Å². The summed E-state index contributed by atoms with van der Waals surface area (Å²) in [6.45, 7) is 6.40. The Morgan fingerprint density at radius 1 is 1.00 bits per heavy atom. The van der Waals surface area contributed by atoms with Gasteiger partial charge in [0.2, 0.25) is 0 Å². The van der Waals surface area contributed by atoms with Crippen LogP contribution in [0.5, 0.6) is 0 Å². The van der Waals surface area contributed by atoms with E-state index in [1.165, 1.54) is 28.7 Å². The normalized spacial score (nSPS) is 11.5. The summed E-state index contributed by atoms with van der Waals surface area (Å²) in [4.78, 5) is 40.2. The molecule has 33 heavy (non-hydrogen) atoms. The molecular weight excluding hydrogens is 452 g/mol. The summed E-state index contributed by atoms with van der Waals surface area (Å²) < 4.78 is 1.70. The van der Waals surface area contributed by atoms with Crippen LogP contribution in [0.2, 0.25) is 0 Å². The Labute approximate surface area is 198 Å². The summed E-state index contributed by atoms with van der Waals surface area (Å²) in [5.74, 6) is 0.975. The zero-order valence-electron chi connectivity index (χ0n) is 18.5. The lowest BCUT2D eigenvalue weighted by Crippen LogP contribution is -2.24. The molecule has 3 heterocycles. The van der Waals surface area contributed by atoms with Crippen molar-refractivity contribution in [1.82, 2.24) is 19.5 Å². The highest BCUT2D eigenvalue weighted by molar-refractivity contribution is 7.98. The van der Waals surface area contributed by atoms with E-state index in [-0.39, 0.29) is 11.1 Å². The van der Waals surface area contributed by atoms with Gasteiger partial charge in [-0.1, -0.05) is 53.7 Å². The first-order chi connectivity index (χ1) is 15.9. The number of nitrogens with zero attached hydrogens (tertiary/aromatic N) is 3. The first-order valence-electron chi connectivity index (χ1n) is 10.6. The summed E-state index contributed by atoms with van der Waals surface area (Å²) in [5, 5.41) is 1.85. The van der Waals surface area contributed by atoms with Crippen molar-refractivity contribution in [3.05, 3.63) is 96.6 Å². The maximum atomic E-state index is 13.3. The van der Waals surface area contributed by atoms with E-state index in [9.17, 15) is 9.59 Å². The van der Waals surface area contributed by atoms with Gasteiger partial charge in [0, 0.05) is 4.88 Å². The van der Waals surface area contributed by atoms with Crippen LogP contribution >= 0.6 is 23.1 Å². The summed E-state index contributed by atoms with van der Waals surface area (Å²) >= 11 is 2.93. The molecule has 2 aromatic carbocycles. The molecule has 0 fully saturated rings. The van der Waals surface area contributed by atoms with E-state index in [4.69, 9.17) is 4.98 Å². The molecule has 1 N–H and O–H groups in total. The first kappa shape index (κ1) is 21.6. The number of aryl methyl sites for hydroxylation is 3. The lowest BCUT2D eigenvalue weighted by molar-refractivity contribution is 0.657. The number of thiophene rings is 1. The van der Waals surface area contributed by atoms with Gasteiger partial charge in [-0.15, -0.1) is 11.3 Å². The molecule has 5 rings (SSSR count). The van der Waals surface area contributed by atoms with Gasteiger partial charge in [-0.25, -0.2) is 9.97 Å². The zero-order valence-corrected chi connectivity index (χ0v) is 20.1. The topological polar surface area (TPSA) is 80.6 Å². The third-order valence-electron chi connectivity index (χ3n) is 5.71. The number of aromatic nitrogens is 4. The molecule has 0 saturated carbocycles. The lowest BCUT2D eigenvalue weighted by Gasteiger charge is -2.13.